The van der Waals surface area contributed by atoms with E-state index in [9.17, 15) is 14.4 Å². The van der Waals surface area contributed by atoms with E-state index in [0.29, 0.717) is 12.8 Å². The summed E-state index contributed by atoms with van der Waals surface area (Å²) in [5, 5.41) is 5.35. The van der Waals surface area contributed by atoms with Gasteiger partial charge in [0, 0.05) is 6.42 Å². The molecule has 2 aromatic rings. The number of hydrogen-bond acceptors (Lipinski definition) is 5. The number of benzene rings is 2. The molecule has 3 rings (SSSR count). The highest BCUT2D eigenvalue weighted by atomic mass is 16.5. The second kappa shape index (κ2) is 9.23. The maximum Gasteiger partial charge on any atom is 0.408 e. The minimum absolute atomic E-state index is 0.0957. The van der Waals surface area contributed by atoms with Gasteiger partial charge in [0.05, 0.1) is 7.11 Å². The number of ether oxygens (including phenoxy) is 2. The van der Waals surface area contributed by atoms with Crippen LogP contribution >= 0.6 is 0 Å². The van der Waals surface area contributed by atoms with Crippen LogP contribution in [-0.2, 0) is 32.1 Å². The molecule has 2 amide bonds. The smallest absolute Gasteiger partial charge is 0.408 e. The van der Waals surface area contributed by atoms with Crippen LogP contribution in [0, 0.1) is 0 Å². The van der Waals surface area contributed by atoms with Gasteiger partial charge in [-0.25, -0.2) is 9.59 Å². The first-order valence-corrected chi connectivity index (χ1v) is 9.44. The SMILES string of the molecule is COC(=O)C1(NC(=O)[C@H](Cc2ccccc2)NC(=O)OCc2ccccc2)CC1. The van der Waals surface area contributed by atoms with Crippen LogP contribution in [0.5, 0.6) is 0 Å². The molecule has 2 aromatic carbocycles. The van der Waals surface area contributed by atoms with Crippen molar-refractivity contribution in [1.29, 1.82) is 0 Å². The Kier molecular flexibility index (Phi) is 6.49. The third kappa shape index (κ3) is 5.57. The third-order valence-electron chi connectivity index (χ3n) is 4.79. The topological polar surface area (TPSA) is 93.7 Å². The molecule has 1 atom stereocenters. The quantitative estimate of drug-likeness (QED) is 0.668. The fourth-order valence-corrected chi connectivity index (χ4v) is 2.99. The predicted molar refractivity (Wildman–Crippen MR) is 106 cm³/mol. The molecule has 0 saturated heterocycles. The van der Waals surface area contributed by atoms with Gasteiger partial charge in [0.15, 0.2) is 0 Å². The molecule has 152 valence electrons. The third-order valence-corrected chi connectivity index (χ3v) is 4.79. The molecule has 0 heterocycles. The van der Waals surface area contributed by atoms with Crippen molar-refractivity contribution in [2.24, 2.45) is 0 Å². The average molecular weight is 396 g/mol. The van der Waals surface area contributed by atoms with E-state index in [1.807, 2.05) is 60.7 Å². The Hall–Kier alpha value is -3.35. The maximum absolute atomic E-state index is 12.8. The largest absolute Gasteiger partial charge is 0.467 e. The van der Waals surface area contributed by atoms with E-state index in [1.54, 1.807) is 0 Å². The number of carbonyl (C=O) groups excluding carboxylic acids is 3. The summed E-state index contributed by atoms with van der Waals surface area (Å²) in [6.45, 7) is 0.0957. The van der Waals surface area contributed by atoms with Crippen LogP contribution < -0.4 is 10.6 Å². The van der Waals surface area contributed by atoms with Gasteiger partial charge in [0.2, 0.25) is 5.91 Å². The highest BCUT2D eigenvalue weighted by molar-refractivity contribution is 5.93. The zero-order valence-corrected chi connectivity index (χ0v) is 16.2. The molecular weight excluding hydrogens is 372 g/mol. The van der Waals surface area contributed by atoms with E-state index < -0.39 is 29.6 Å². The van der Waals surface area contributed by atoms with Gasteiger partial charge < -0.3 is 20.1 Å². The van der Waals surface area contributed by atoms with Gasteiger partial charge in [-0.2, -0.15) is 0 Å². The summed E-state index contributed by atoms with van der Waals surface area (Å²) in [5.74, 6) is -0.927. The fourth-order valence-electron chi connectivity index (χ4n) is 2.99. The van der Waals surface area contributed by atoms with E-state index in [-0.39, 0.29) is 13.0 Å². The molecule has 1 aliphatic rings. The number of carbonyl (C=O) groups is 3. The first kappa shape index (κ1) is 20.4. The molecule has 2 N–H and O–H groups in total. The van der Waals surface area contributed by atoms with E-state index in [1.165, 1.54) is 7.11 Å². The van der Waals surface area contributed by atoms with Crippen LogP contribution in [0.3, 0.4) is 0 Å². The molecule has 7 heteroatoms. The Bertz CT molecular complexity index is 850. The van der Waals surface area contributed by atoms with Gasteiger partial charge in [-0.3, -0.25) is 4.79 Å². The van der Waals surface area contributed by atoms with Crippen molar-refractivity contribution in [3.63, 3.8) is 0 Å². The summed E-state index contributed by atoms with van der Waals surface area (Å²) >= 11 is 0. The van der Waals surface area contributed by atoms with Gasteiger partial charge in [-0.1, -0.05) is 60.7 Å². The van der Waals surface area contributed by atoms with Crippen LogP contribution in [0.4, 0.5) is 4.79 Å². The minimum Gasteiger partial charge on any atom is -0.467 e. The normalized spacial score (nSPS) is 14.9. The van der Waals surface area contributed by atoms with E-state index in [0.717, 1.165) is 11.1 Å². The molecule has 1 aliphatic carbocycles. The molecule has 29 heavy (non-hydrogen) atoms. The van der Waals surface area contributed by atoms with Crippen molar-refractivity contribution in [3.05, 3.63) is 71.8 Å². The maximum atomic E-state index is 12.8. The highest BCUT2D eigenvalue weighted by Crippen LogP contribution is 2.36. The van der Waals surface area contributed by atoms with Crippen molar-refractivity contribution in [1.82, 2.24) is 10.6 Å². The molecular formula is C22H24N2O5. The molecule has 0 aromatic heterocycles. The number of alkyl carbamates (subject to hydrolysis) is 1. The number of nitrogens with one attached hydrogen (secondary N) is 2. The summed E-state index contributed by atoms with van der Waals surface area (Å²) in [5.41, 5.74) is 0.726. The zero-order valence-electron chi connectivity index (χ0n) is 16.2. The molecule has 0 unspecified atom stereocenters. The number of rotatable bonds is 8. The van der Waals surface area contributed by atoms with Gasteiger partial charge in [0.1, 0.15) is 18.2 Å². The first-order valence-electron chi connectivity index (χ1n) is 9.44. The summed E-state index contributed by atoms with van der Waals surface area (Å²) in [6, 6.07) is 17.7. The minimum atomic E-state index is -0.990. The van der Waals surface area contributed by atoms with E-state index >= 15 is 0 Å². The van der Waals surface area contributed by atoms with Crippen molar-refractivity contribution >= 4 is 18.0 Å². The van der Waals surface area contributed by atoms with Crippen molar-refractivity contribution < 1.29 is 23.9 Å². The average Bonchev–Trinajstić information content (AvgIpc) is 3.53. The summed E-state index contributed by atoms with van der Waals surface area (Å²) in [7, 11) is 1.29. The van der Waals surface area contributed by atoms with E-state index in [4.69, 9.17) is 9.47 Å². The molecule has 1 fully saturated rings. The molecule has 0 bridgehead atoms. The zero-order chi connectivity index (χ0) is 20.7. The molecule has 0 spiro atoms. The van der Waals surface area contributed by atoms with Gasteiger partial charge >= 0.3 is 12.1 Å². The van der Waals surface area contributed by atoms with Crippen LogP contribution in [0.2, 0.25) is 0 Å². The Balaban J connectivity index is 1.65. The number of esters is 1. The molecule has 7 nitrogen and oxygen atoms in total. The lowest BCUT2D eigenvalue weighted by Crippen LogP contribution is -2.54. The lowest BCUT2D eigenvalue weighted by molar-refractivity contribution is -0.146. The van der Waals surface area contributed by atoms with Crippen molar-refractivity contribution in [2.75, 3.05) is 7.11 Å². The molecule has 1 saturated carbocycles. The number of hydrogen-bond donors (Lipinski definition) is 2. The predicted octanol–water partition coefficient (Wildman–Crippen LogP) is 2.35. The standard InChI is InChI=1S/C22H24N2O5/c1-28-20(26)22(12-13-22)24-19(25)18(14-16-8-4-2-5-9-16)23-21(27)29-15-17-10-6-3-7-11-17/h2-11,18H,12-15H2,1H3,(H,23,27)(H,24,25)/t18-/m0/s1. The number of methoxy groups -OCH3 is 1. The van der Waals surface area contributed by atoms with Gasteiger partial charge in [-0.05, 0) is 24.0 Å². The Labute approximate surface area is 169 Å². The Morgan fingerprint density at radius 1 is 0.966 bits per heavy atom. The summed E-state index contributed by atoms with van der Waals surface area (Å²) in [4.78, 5) is 37.1. The van der Waals surface area contributed by atoms with Crippen molar-refractivity contribution in [3.8, 4) is 0 Å². The number of amides is 2. The van der Waals surface area contributed by atoms with Crippen LogP contribution in [0.25, 0.3) is 0 Å². The second-order valence-corrected chi connectivity index (χ2v) is 7.01. The first-order chi connectivity index (χ1) is 14.0. The van der Waals surface area contributed by atoms with Crippen LogP contribution in [0.1, 0.15) is 24.0 Å². The lowest BCUT2D eigenvalue weighted by Gasteiger charge is -2.22. The van der Waals surface area contributed by atoms with Crippen molar-refractivity contribution in [2.45, 2.75) is 37.5 Å². The fraction of sp³-hybridized carbons (Fsp3) is 0.318. The summed E-state index contributed by atoms with van der Waals surface area (Å²) < 4.78 is 10.0. The molecule has 0 aliphatic heterocycles. The molecule has 0 radical (unpaired) electrons. The summed E-state index contributed by atoms with van der Waals surface area (Å²) in [6.07, 6.45) is 0.599. The van der Waals surface area contributed by atoms with E-state index in [2.05, 4.69) is 10.6 Å². The van der Waals surface area contributed by atoms with Gasteiger partial charge in [0.25, 0.3) is 0 Å². The Morgan fingerprint density at radius 2 is 1.55 bits per heavy atom. The second-order valence-electron chi connectivity index (χ2n) is 7.01. The van der Waals surface area contributed by atoms with Gasteiger partial charge in [-0.15, -0.1) is 0 Å². The van der Waals surface area contributed by atoms with Crippen LogP contribution in [0.15, 0.2) is 60.7 Å². The highest BCUT2D eigenvalue weighted by Gasteiger charge is 2.53. The lowest BCUT2D eigenvalue weighted by atomic mass is 10.0. The Morgan fingerprint density at radius 3 is 2.10 bits per heavy atom. The monoisotopic (exact) mass is 396 g/mol. The van der Waals surface area contributed by atoms with Crippen LogP contribution in [-0.4, -0.2) is 36.7 Å².